The number of hydrogen-bond donors (Lipinski definition) is 0. The number of carbonyl (C=O) groups is 1. The number of rotatable bonds is 6. The molecule has 0 aliphatic heterocycles. The summed E-state index contributed by atoms with van der Waals surface area (Å²) in [5.41, 5.74) is 2.79. The Kier molecular flexibility index (Phi) is 7.52. The second-order valence-electron chi connectivity index (χ2n) is 5.89. The Hall–Kier alpha value is -2.70. The summed E-state index contributed by atoms with van der Waals surface area (Å²) in [5.74, 6) is 1.76. The number of pyridine rings is 1. The molecule has 0 spiro atoms. The van der Waals surface area contributed by atoms with Crippen molar-refractivity contribution in [3.05, 3.63) is 29.6 Å². The van der Waals surface area contributed by atoms with Crippen LogP contribution in [0.5, 0.6) is 5.75 Å². The molecule has 0 bridgehead atoms. The molecule has 0 aromatic carbocycles. The molecule has 27 heavy (non-hydrogen) atoms. The third-order valence-electron chi connectivity index (χ3n) is 4.14. The zero-order chi connectivity index (χ0) is 19.8. The van der Waals surface area contributed by atoms with E-state index >= 15 is 0 Å². The third-order valence-corrected chi connectivity index (χ3v) is 4.14. The number of hydrogen-bond acceptors (Lipinski definition) is 7. The zero-order valence-electron chi connectivity index (χ0n) is 16.8. The van der Waals surface area contributed by atoms with Gasteiger partial charge in [0.05, 0.1) is 13.7 Å². The largest absolute Gasteiger partial charge is 0.497 e. The Balaban J connectivity index is 0.00000126. The maximum absolute atomic E-state index is 11.8. The second-order valence-corrected chi connectivity index (χ2v) is 5.89. The number of aryl methyl sites for hydroxylation is 1. The molecule has 1 aliphatic carbocycles. The molecule has 0 saturated carbocycles. The lowest BCUT2D eigenvalue weighted by Crippen LogP contribution is -2.29. The molecule has 0 N–H and O–H groups in total. The van der Waals surface area contributed by atoms with Crippen molar-refractivity contribution in [2.45, 2.75) is 40.0 Å². The minimum atomic E-state index is -0.267. The van der Waals surface area contributed by atoms with E-state index in [9.17, 15) is 4.79 Å². The van der Waals surface area contributed by atoms with Crippen molar-refractivity contribution in [2.75, 3.05) is 32.2 Å². The molecule has 7 nitrogen and oxygen atoms in total. The first-order valence-corrected chi connectivity index (χ1v) is 9.39. The number of fused-ring (bicyclic) bond motifs is 1. The molecule has 2 heterocycles. The molecule has 1 aliphatic rings. The number of esters is 1. The van der Waals surface area contributed by atoms with Crippen LogP contribution in [0.15, 0.2) is 18.3 Å². The summed E-state index contributed by atoms with van der Waals surface area (Å²) < 4.78 is 10.3. The van der Waals surface area contributed by atoms with E-state index in [1.807, 2.05) is 31.9 Å². The van der Waals surface area contributed by atoms with Crippen LogP contribution in [0.4, 0.5) is 5.82 Å². The lowest BCUT2D eigenvalue weighted by Gasteiger charge is -2.20. The van der Waals surface area contributed by atoms with Gasteiger partial charge in [-0.15, -0.1) is 0 Å². The van der Waals surface area contributed by atoms with E-state index in [1.54, 1.807) is 26.3 Å². The number of anilines is 1. The first kappa shape index (κ1) is 20.6. The molecule has 146 valence electrons. The summed E-state index contributed by atoms with van der Waals surface area (Å²) in [6.45, 7) is 6.32. The number of methoxy groups -OCH3 is 1. The van der Waals surface area contributed by atoms with Crippen molar-refractivity contribution < 1.29 is 14.3 Å². The molecule has 3 rings (SSSR count). The van der Waals surface area contributed by atoms with Crippen LogP contribution in [0.2, 0.25) is 0 Å². The summed E-state index contributed by atoms with van der Waals surface area (Å²) >= 11 is 0. The Morgan fingerprint density at radius 3 is 2.74 bits per heavy atom. The molecule has 0 atom stereocenters. The molecular weight excluding hydrogens is 344 g/mol. The quantitative estimate of drug-likeness (QED) is 0.721. The smallest absolute Gasteiger partial charge is 0.325 e. The van der Waals surface area contributed by atoms with Gasteiger partial charge in [-0.25, -0.2) is 9.97 Å². The van der Waals surface area contributed by atoms with Crippen LogP contribution < -0.4 is 9.64 Å². The van der Waals surface area contributed by atoms with Crippen molar-refractivity contribution in [2.24, 2.45) is 0 Å². The summed E-state index contributed by atoms with van der Waals surface area (Å²) in [7, 11) is 3.46. The normalized spacial score (nSPS) is 11.9. The highest BCUT2D eigenvalue weighted by Crippen LogP contribution is 2.31. The van der Waals surface area contributed by atoms with E-state index in [0.29, 0.717) is 23.9 Å². The fraction of sp³-hybridized carbons (Fsp3) is 0.500. The Morgan fingerprint density at radius 2 is 2.04 bits per heavy atom. The van der Waals surface area contributed by atoms with Crippen LogP contribution in [-0.4, -0.2) is 48.2 Å². The van der Waals surface area contributed by atoms with Crippen LogP contribution in [0, 0.1) is 0 Å². The van der Waals surface area contributed by atoms with Gasteiger partial charge in [0.2, 0.25) is 0 Å². The fourth-order valence-electron chi connectivity index (χ4n) is 2.98. The Bertz CT molecular complexity index is 780. The van der Waals surface area contributed by atoms with Gasteiger partial charge in [-0.05, 0) is 32.3 Å². The van der Waals surface area contributed by atoms with Crippen molar-refractivity contribution in [1.29, 1.82) is 0 Å². The molecule has 0 unspecified atom stereocenters. The lowest BCUT2D eigenvalue weighted by molar-refractivity contribution is -0.141. The van der Waals surface area contributed by atoms with Gasteiger partial charge in [-0.2, -0.15) is 0 Å². The van der Waals surface area contributed by atoms with Crippen LogP contribution in [-0.2, 0) is 22.4 Å². The highest BCUT2D eigenvalue weighted by molar-refractivity contribution is 5.76. The summed E-state index contributed by atoms with van der Waals surface area (Å²) in [4.78, 5) is 27.4. The summed E-state index contributed by atoms with van der Waals surface area (Å²) in [6.07, 6.45) is 4.55. The van der Waals surface area contributed by atoms with E-state index in [-0.39, 0.29) is 12.5 Å². The van der Waals surface area contributed by atoms with Gasteiger partial charge in [0, 0.05) is 30.6 Å². The van der Waals surface area contributed by atoms with Crippen LogP contribution in [0.1, 0.15) is 38.4 Å². The van der Waals surface area contributed by atoms with Gasteiger partial charge in [0.25, 0.3) is 0 Å². The van der Waals surface area contributed by atoms with Gasteiger partial charge in [-0.1, -0.05) is 13.8 Å². The van der Waals surface area contributed by atoms with Crippen LogP contribution in [0.25, 0.3) is 11.5 Å². The Labute approximate surface area is 160 Å². The number of nitrogens with zero attached hydrogens (tertiary/aromatic N) is 4. The molecular formula is C20H28N4O3. The van der Waals surface area contributed by atoms with Crippen molar-refractivity contribution in [3.63, 3.8) is 0 Å². The van der Waals surface area contributed by atoms with Gasteiger partial charge >= 0.3 is 5.97 Å². The molecule has 0 saturated heterocycles. The van der Waals surface area contributed by atoms with Crippen LogP contribution >= 0.6 is 0 Å². The molecule has 0 fully saturated rings. The van der Waals surface area contributed by atoms with Crippen molar-refractivity contribution >= 4 is 11.8 Å². The third kappa shape index (κ3) is 4.93. The van der Waals surface area contributed by atoms with E-state index in [0.717, 1.165) is 36.3 Å². The highest BCUT2D eigenvalue weighted by Gasteiger charge is 2.23. The minimum Gasteiger partial charge on any atom is -0.497 e. The van der Waals surface area contributed by atoms with Crippen LogP contribution in [0.3, 0.4) is 0 Å². The second kappa shape index (κ2) is 9.85. The maximum atomic E-state index is 11.8. The average Bonchev–Trinajstić information content (AvgIpc) is 3.17. The lowest BCUT2D eigenvalue weighted by atomic mass is 10.2. The van der Waals surface area contributed by atoms with E-state index in [1.165, 1.54) is 0 Å². The van der Waals surface area contributed by atoms with Gasteiger partial charge in [0.1, 0.15) is 23.8 Å². The van der Waals surface area contributed by atoms with Gasteiger partial charge in [-0.3, -0.25) is 9.78 Å². The SMILES string of the molecule is CC.CCOC(=O)CN(C)c1nc(-c2cc(OC)ccn2)nc2c1CCC2. The molecule has 0 amide bonds. The fourth-order valence-corrected chi connectivity index (χ4v) is 2.98. The van der Waals surface area contributed by atoms with E-state index in [4.69, 9.17) is 14.5 Å². The van der Waals surface area contributed by atoms with Crippen molar-refractivity contribution in [3.8, 4) is 17.3 Å². The number of likely N-dealkylation sites (N-methyl/N-ethyl adjacent to an activating group) is 1. The average molecular weight is 372 g/mol. The molecule has 2 aromatic rings. The molecule has 2 aromatic heterocycles. The predicted molar refractivity (Wildman–Crippen MR) is 105 cm³/mol. The summed E-state index contributed by atoms with van der Waals surface area (Å²) in [5, 5.41) is 0. The number of carbonyl (C=O) groups excluding carboxylic acids is 1. The minimum absolute atomic E-state index is 0.155. The highest BCUT2D eigenvalue weighted by atomic mass is 16.5. The topological polar surface area (TPSA) is 77.4 Å². The zero-order valence-corrected chi connectivity index (χ0v) is 16.8. The molecule has 0 radical (unpaired) electrons. The molecule has 7 heteroatoms. The standard InChI is InChI=1S/C18H22N4O3.C2H6/c1-4-25-16(23)11-22(2)18-13-6-5-7-14(13)20-17(21-18)15-10-12(24-3)8-9-19-15;1-2/h8-10H,4-7,11H2,1-3H3;1-2H3. The predicted octanol–water partition coefficient (Wildman–Crippen LogP) is 3.06. The number of aromatic nitrogens is 3. The van der Waals surface area contributed by atoms with E-state index < -0.39 is 0 Å². The first-order valence-electron chi connectivity index (χ1n) is 9.39. The van der Waals surface area contributed by atoms with E-state index in [2.05, 4.69) is 9.97 Å². The van der Waals surface area contributed by atoms with Gasteiger partial charge in [0.15, 0.2) is 5.82 Å². The summed E-state index contributed by atoms with van der Waals surface area (Å²) in [6, 6.07) is 3.59. The Morgan fingerprint density at radius 1 is 1.26 bits per heavy atom. The maximum Gasteiger partial charge on any atom is 0.325 e. The number of ether oxygens (including phenoxy) is 2. The van der Waals surface area contributed by atoms with Gasteiger partial charge < -0.3 is 14.4 Å². The monoisotopic (exact) mass is 372 g/mol. The first-order chi connectivity index (χ1) is 13.1. The van der Waals surface area contributed by atoms with Crippen molar-refractivity contribution in [1.82, 2.24) is 15.0 Å².